The first-order valence-corrected chi connectivity index (χ1v) is 6.70. The number of hydrogen-bond acceptors (Lipinski definition) is 4. The number of piperidine rings is 1. The third-order valence-electron chi connectivity index (χ3n) is 3.20. The Balaban J connectivity index is 1.96. The minimum atomic E-state index is -0.122. The fraction of sp³-hybridized carbons (Fsp3) is 0.692. The molecule has 1 atom stereocenters. The van der Waals surface area contributed by atoms with Gasteiger partial charge in [-0.25, -0.2) is 4.98 Å². The maximum Gasteiger partial charge on any atom is 0.313 e. The number of aryl methyl sites for hydroxylation is 1. The first kappa shape index (κ1) is 13.1. The van der Waals surface area contributed by atoms with E-state index in [1.54, 1.807) is 17.0 Å². The summed E-state index contributed by atoms with van der Waals surface area (Å²) in [5.74, 6) is 0.719. The van der Waals surface area contributed by atoms with Crippen LogP contribution in [0.15, 0.2) is 17.2 Å². The monoisotopic (exact) mass is 251 g/mol. The summed E-state index contributed by atoms with van der Waals surface area (Å²) < 4.78 is 7.23. The predicted molar refractivity (Wildman–Crippen MR) is 69.9 cm³/mol. The van der Waals surface area contributed by atoms with Gasteiger partial charge in [0.05, 0.1) is 6.61 Å². The predicted octanol–water partition coefficient (Wildman–Crippen LogP) is 1.03. The van der Waals surface area contributed by atoms with E-state index >= 15 is 0 Å². The van der Waals surface area contributed by atoms with E-state index in [0.717, 1.165) is 25.9 Å². The quantitative estimate of drug-likeness (QED) is 0.849. The second-order valence-corrected chi connectivity index (χ2v) is 4.75. The number of rotatable bonds is 5. The Hall–Kier alpha value is -1.36. The zero-order valence-corrected chi connectivity index (χ0v) is 10.9. The van der Waals surface area contributed by atoms with E-state index in [2.05, 4.69) is 10.3 Å². The lowest BCUT2D eigenvalue weighted by Crippen LogP contribution is -2.34. The third-order valence-corrected chi connectivity index (χ3v) is 3.20. The van der Waals surface area contributed by atoms with E-state index in [4.69, 9.17) is 4.74 Å². The molecule has 1 saturated heterocycles. The van der Waals surface area contributed by atoms with Gasteiger partial charge in [0.15, 0.2) is 0 Å². The molecule has 5 nitrogen and oxygen atoms in total. The van der Waals surface area contributed by atoms with Crippen LogP contribution < -0.4 is 15.6 Å². The average molecular weight is 251 g/mol. The van der Waals surface area contributed by atoms with Crippen molar-refractivity contribution in [2.45, 2.75) is 32.7 Å². The lowest BCUT2D eigenvalue weighted by Gasteiger charge is -2.22. The van der Waals surface area contributed by atoms with Crippen molar-refractivity contribution in [3.8, 4) is 5.88 Å². The van der Waals surface area contributed by atoms with Crippen LogP contribution in [0.5, 0.6) is 5.88 Å². The molecule has 0 amide bonds. The zero-order valence-electron chi connectivity index (χ0n) is 10.9. The normalized spacial score (nSPS) is 19.7. The number of nitrogens with zero attached hydrogens (tertiary/aromatic N) is 2. The van der Waals surface area contributed by atoms with Gasteiger partial charge in [0, 0.05) is 31.4 Å². The molecule has 0 saturated carbocycles. The van der Waals surface area contributed by atoms with Crippen molar-refractivity contribution in [3.05, 3.63) is 22.7 Å². The highest BCUT2D eigenvalue weighted by molar-refractivity contribution is 5.04. The molecule has 0 radical (unpaired) electrons. The van der Waals surface area contributed by atoms with Gasteiger partial charge in [0.1, 0.15) is 0 Å². The highest BCUT2D eigenvalue weighted by Gasteiger charge is 2.15. The summed E-state index contributed by atoms with van der Waals surface area (Å²) >= 11 is 0. The average Bonchev–Trinajstić information content (AvgIpc) is 2.41. The Morgan fingerprint density at radius 2 is 2.50 bits per heavy atom. The lowest BCUT2D eigenvalue weighted by molar-refractivity contribution is 0.208. The molecule has 5 heteroatoms. The van der Waals surface area contributed by atoms with E-state index in [0.29, 0.717) is 19.1 Å². The van der Waals surface area contributed by atoms with E-state index in [1.165, 1.54) is 6.42 Å². The van der Waals surface area contributed by atoms with Gasteiger partial charge in [-0.2, -0.15) is 0 Å². The Morgan fingerprint density at radius 3 is 3.22 bits per heavy atom. The van der Waals surface area contributed by atoms with E-state index in [1.807, 2.05) is 6.92 Å². The van der Waals surface area contributed by atoms with Crippen LogP contribution in [0.3, 0.4) is 0 Å². The Kier molecular flexibility index (Phi) is 4.75. The maximum absolute atomic E-state index is 12.0. The zero-order chi connectivity index (χ0) is 12.8. The second-order valence-electron chi connectivity index (χ2n) is 4.75. The van der Waals surface area contributed by atoms with E-state index < -0.39 is 0 Å². The molecule has 1 aromatic rings. The Labute approximate surface area is 107 Å². The summed E-state index contributed by atoms with van der Waals surface area (Å²) in [4.78, 5) is 16.0. The molecule has 1 aliphatic heterocycles. The lowest BCUT2D eigenvalue weighted by atomic mass is 10.0. The number of hydrogen-bond donors (Lipinski definition) is 1. The summed E-state index contributed by atoms with van der Waals surface area (Å²) in [5, 5.41) is 3.33. The summed E-state index contributed by atoms with van der Waals surface area (Å²) in [6.07, 6.45) is 6.60. The van der Waals surface area contributed by atoms with Gasteiger partial charge in [-0.1, -0.05) is 6.92 Å². The molecule has 0 bridgehead atoms. The summed E-state index contributed by atoms with van der Waals surface area (Å²) in [5.41, 5.74) is -0.122. The largest absolute Gasteiger partial charge is 0.473 e. The van der Waals surface area contributed by atoms with E-state index in [-0.39, 0.29) is 11.4 Å². The third kappa shape index (κ3) is 3.32. The molecule has 0 spiro atoms. The highest BCUT2D eigenvalue weighted by Crippen LogP contribution is 2.10. The molecule has 100 valence electrons. The molecule has 2 heterocycles. The molecule has 1 aromatic heterocycles. The minimum Gasteiger partial charge on any atom is -0.473 e. The SMILES string of the molecule is CCCn1ccnc(OCC2CCCNC2)c1=O. The van der Waals surface area contributed by atoms with Crippen molar-refractivity contribution in [2.75, 3.05) is 19.7 Å². The summed E-state index contributed by atoms with van der Waals surface area (Å²) in [6.45, 7) is 5.38. The van der Waals surface area contributed by atoms with Crippen LogP contribution >= 0.6 is 0 Å². The van der Waals surface area contributed by atoms with Gasteiger partial charge in [-0.3, -0.25) is 4.79 Å². The summed E-state index contributed by atoms with van der Waals surface area (Å²) in [6, 6.07) is 0. The molecular weight excluding hydrogens is 230 g/mol. The molecule has 2 rings (SSSR count). The van der Waals surface area contributed by atoms with Crippen LogP contribution in [0.4, 0.5) is 0 Å². The standard InChI is InChI=1S/C13H21N3O2/c1-2-7-16-8-6-15-12(13(16)17)18-10-11-4-3-5-14-9-11/h6,8,11,14H,2-5,7,9-10H2,1H3. The molecule has 1 aliphatic rings. The van der Waals surface area contributed by atoms with Crippen LogP contribution in [0.25, 0.3) is 0 Å². The van der Waals surface area contributed by atoms with E-state index in [9.17, 15) is 4.79 Å². The second kappa shape index (κ2) is 6.54. The molecule has 1 fully saturated rings. The fourth-order valence-electron chi connectivity index (χ4n) is 2.21. The van der Waals surface area contributed by atoms with Crippen LogP contribution in [0.1, 0.15) is 26.2 Å². The maximum atomic E-state index is 12.0. The van der Waals surface area contributed by atoms with Gasteiger partial charge in [-0.05, 0) is 25.8 Å². The van der Waals surface area contributed by atoms with Crippen molar-refractivity contribution in [1.29, 1.82) is 0 Å². The number of ether oxygens (including phenoxy) is 1. The first-order chi connectivity index (χ1) is 8.81. The van der Waals surface area contributed by atoms with Crippen molar-refractivity contribution in [1.82, 2.24) is 14.9 Å². The Morgan fingerprint density at radius 1 is 1.61 bits per heavy atom. The minimum absolute atomic E-state index is 0.122. The smallest absolute Gasteiger partial charge is 0.313 e. The molecule has 0 aliphatic carbocycles. The van der Waals surface area contributed by atoms with Gasteiger partial charge < -0.3 is 14.6 Å². The van der Waals surface area contributed by atoms with Crippen LogP contribution in [0, 0.1) is 5.92 Å². The fourth-order valence-corrected chi connectivity index (χ4v) is 2.21. The molecule has 1 unspecified atom stereocenters. The number of nitrogens with one attached hydrogen (secondary N) is 1. The van der Waals surface area contributed by atoms with Crippen molar-refractivity contribution < 1.29 is 4.74 Å². The summed E-state index contributed by atoms with van der Waals surface area (Å²) in [7, 11) is 0. The van der Waals surface area contributed by atoms with Crippen molar-refractivity contribution in [2.24, 2.45) is 5.92 Å². The van der Waals surface area contributed by atoms with Crippen molar-refractivity contribution >= 4 is 0 Å². The van der Waals surface area contributed by atoms with Gasteiger partial charge >= 0.3 is 5.56 Å². The van der Waals surface area contributed by atoms with Crippen LogP contribution in [0.2, 0.25) is 0 Å². The van der Waals surface area contributed by atoms with Gasteiger partial charge in [0.2, 0.25) is 0 Å². The molecular formula is C13H21N3O2. The van der Waals surface area contributed by atoms with Crippen LogP contribution in [-0.2, 0) is 6.54 Å². The van der Waals surface area contributed by atoms with Crippen LogP contribution in [-0.4, -0.2) is 29.2 Å². The number of aromatic nitrogens is 2. The molecule has 0 aromatic carbocycles. The van der Waals surface area contributed by atoms with Crippen molar-refractivity contribution in [3.63, 3.8) is 0 Å². The van der Waals surface area contributed by atoms with Gasteiger partial charge in [-0.15, -0.1) is 0 Å². The van der Waals surface area contributed by atoms with Gasteiger partial charge in [0.25, 0.3) is 5.88 Å². The molecule has 18 heavy (non-hydrogen) atoms. The Bertz CT molecular complexity index is 424. The first-order valence-electron chi connectivity index (χ1n) is 6.70. The topological polar surface area (TPSA) is 56.1 Å². The highest BCUT2D eigenvalue weighted by atomic mass is 16.5. The molecule has 1 N–H and O–H groups in total.